The largest absolute Gasteiger partial charge is 0.367 e. The highest BCUT2D eigenvalue weighted by Gasteiger charge is 2.38. The number of carbonyl (C=O) groups excluding carboxylic acids is 1. The van der Waals surface area contributed by atoms with Crippen LogP contribution in [0.5, 0.6) is 0 Å². The molecule has 2 fully saturated rings. The zero-order valence-electron chi connectivity index (χ0n) is 14.6. The number of hydrogen-bond acceptors (Lipinski definition) is 5. The van der Waals surface area contributed by atoms with E-state index >= 15 is 0 Å². The van der Waals surface area contributed by atoms with Crippen molar-refractivity contribution < 1.29 is 13.2 Å². The third-order valence-electron chi connectivity index (χ3n) is 5.06. The first-order valence-corrected chi connectivity index (χ1v) is 11.1. The number of carbonyl (C=O) groups is 1. The molecule has 1 amide bonds. The van der Waals surface area contributed by atoms with Crippen molar-refractivity contribution in [2.24, 2.45) is 0 Å². The number of nitrogens with one attached hydrogen (secondary N) is 1. The Labute approximate surface area is 163 Å². The lowest BCUT2D eigenvalue weighted by Crippen LogP contribution is -2.43. The van der Waals surface area contributed by atoms with Crippen LogP contribution in [0.15, 0.2) is 42.6 Å². The van der Waals surface area contributed by atoms with Gasteiger partial charge in [-0.2, -0.15) is 0 Å². The number of hydrogen-bond donors (Lipinski definition) is 1. The minimum atomic E-state index is -3.00. The molecule has 8 heteroatoms. The Morgan fingerprint density at radius 3 is 2.44 bits per heavy atom. The average Bonchev–Trinajstić information content (AvgIpc) is 3.41. The van der Waals surface area contributed by atoms with Crippen molar-refractivity contribution in [2.75, 3.05) is 29.9 Å². The molecule has 1 saturated heterocycles. The summed E-state index contributed by atoms with van der Waals surface area (Å²) in [5, 5.41) is 4.12. The van der Waals surface area contributed by atoms with Crippen LogP contribution in [0.2, 0.25) is 5.02 Å². The maximum atomic E-state index is 12.5. The van der Waals surface area contributed by atoms with E-state index in [0.29, 0.717) is 17.5 Å². The summed E-state index contributed by atoms with van der Waals surface area (Å²) >= 11 is 5.93. The Kier molecular flexibility index (Phi) is 4.82. The van der Waals surface area contributed by atoms with E-state index in [1.54, 1.807) is 23.2 Å². The van der Waals surface area contributed by atoms with E-state index < -0.39 is 9.84 Å². The molecule has 27 heavy (non-hydrogen) atoms. The molecule has 2 heterocycles. The molecule has 2 aliphatic rings. The van der Waals surface area contributed by atoms with Crippen LogP contribution in [-0.2, 0) is 9.84 Å². The summed E-state index contributed by atoms with van der Waals surface area (Å²) < 4.78 is 23.0. The first-order valence-electron chi connectivity index (χ1n) is 8.89. The molecular weight excluding hydrogens is 386 g/mol. The molecule has 1 aliphatic carbocycles. The topological polar surface area (TPSA) is 79.4 Å². The van der Waals surface area contributed by atoms with Gasteiger partial charge in [-0.15, -0.1) is 0 Å². The zero-order valence-corrected chi connectivity index (χ0v) is 16.2. The monoisotopic (exact) mass is 405 g/mol. The molecule has 1 aliphatic heterocycles. The highest BCUT2D eigenvalue weighted by Crippen LogP contribution is 2.42. The zero-order chi connectivity index (χ0) is 19.0. The van der Waals surface area contributed by atoms with Crippen molar-refractivity contribution in [1.82, 2.24) is 9.88 Å². The molecule has 6 nitrogen and oxygen atoms in total. The van der Waals surface area contributed by atoms with Gasteiger partial charge in [0.1, 0.15) is 5.82 Å². The first-order chi connectivity index (χ1) is 12.9. The van der Waals surface area contributed by atoms with Crippen LogP contribution in [0.25, 0.3) is 0 Å². The molecule has 0 radical (unpaired) electrons. The van der Waals surface area contributed by atoms with Crippen LogP contribution in [-0.4, -0.2) is 54.8 Å². The van der Waals surface area contributed by atoms with Gasteiger partial charge in [-0.3, -0.25) is 4.79 Å². The van der Waals surface area contributed by atoms with Gasteiger partial charge in [0.15, 0.2) is 9.84 Å². The SMILES string of the molecule is O=C(c1ccc(NC2CC2c2ccc(Cl)cc2)nc1)N1CCS(=O)(=O)CC1. The fourth-order valence-corrected chi connectivity index (χ4v) is 4.65. The van der Waals surface area contributed by atoms with E-state index in [0.717, 1.165) is 17.3 Å². The minimum absolute atomic E-state index is 0.0274. The van der Waals surface area contributed by atoms with E-state index in [9.17, 15) is 13.2 Å². The molecule has 0 spiro atoms. The molecule has 1 aromatic heterocycles. The fraction of sp³-hybridized carbons (Fsp3) is 0.368. The van der Waals surface area contributed by atoms with E-state index in [2.05, 4.69) is 10.3 Å². The highest BCUT2D eigenvalue weighted by atomic mass is 35.5. The third-order valence-corrected chi connectivity index (χ3v) is 6.93. The molecule has 2 unspecified atom stereocenters. The second-order valence-electron chi connectivity index (χ2n) is 7.02. The molecule has 1 N–H and O–H groups in total. The predicted octanol–water partition coefficient (Wildman–Crippen LogP) is 2.57. The van der Waals surface area contributed by atoms with E-state index in [4.69, 9.17) is 11.6 Å². The van der Waals surface area contributed by atoms with Gasteiger partial charge >= 0.3 is 0 Å². The Morgan fingerprint density at radius 2 is 1.81 bits per heavy atom. The lowest BCUT2D eigenvalue weighted by atomic mass is 10.1. The van der Waals surface area contributed by atoms with Crippen LogP contribution in [0.4, 0.5) is 5.82 Å². The van der Waals surface area contributed by atoms with Gasteiger partial charge in [0.05, 0.1) is 17.1 Å². The second kappa shape index (κ2) is 7.13. The molecule has 142 valence electrons. The maximum absolute atomic E-state index is 12.5. The summed E-state index contributed by atoms with van der Waals surface area (Å²) in [4.78, 5) is 18.4. The van der Waals surface area contributed by atoms with Gasteiger partial charge in [0.25, 0.3) is 5.91 Å². The van der Waals surface area contributed by atoms with E-state index in [-0.39, 0.29) is 30.5 Å². The number of rotatable bonds is 4. The number of anilines is 1. The molecule has 0 bridgehead atoms. The minimum Gasteiger partial charge on any atom is -0.367 e. The standard InChI is InChI=1S/C19H20ClN3O3S/c20-15-4-1-13(2-5-15)16-11-17(16)22-18-6-3-14(12-21-18)19(24)23-7-9-27(25,26)10-8-23/h1-6,12,16-17H,7-11H2,(H,21,22). The summed E-state index contributed by atoms with van der Waals surface area (Å²) in [6.07, 6.45) is 2.58. The quantitative estimate of drug-likeness (QED) is 0.845. The van der Waals surface area contributed by atoms with E-state index in [1.807, 2.05) is 24.3 Å². The Bertz CT molecular complexity index is 931. The predicted molar refractivity (Wildman–Crippen MR) is 105 cm³/mol. The lowest BCUT2D eigenvalue weighted by Gasteiger charge is -2.26. The number of sulfone groups is 1. The number of benzene rings is 1. The number of pyridine rings is 1. The third kappa shape index (κ3) is 4.25. The molecule has 4 rings (SSSR count). The smallest absolute Gasteiger partial charge is 0.255 e. The molecule has 2 atom stereocenters. The van der Waals surface area contributed by atoms with Gasteiger partial charge in [0, 0.05) is 36.3 Å². The van der Waals surface area contributed by atoms with Crippen LogP contribution < -0.4 is 5.32 Å². The van der Waals surface area contributed by atoms with Crippen molar-refractivity contribution in [3.63, 3.8) is 0 Å². The lowest BCUT2D eigenvalue weighted by molar-refractivity contribution is 0.0770. The Morgan fingerprint density at radius 1 is 1.11 bits per heavy atom. The van der Waals surface area contributed by atoms with Gasteiger partial charge < -0.3 is 10.2 Å². The van der Waals surface area contributed by atoms with Crippen LogP contribution >= 0.6 is 11.6 Å². The van der Waals surface area contributed by atoms with Crippen molar-refractivity contribution >= 4 is 33.2 Å². The van der Waals surface area contributed by atoms with Gasteiger partial charge in [-0.25, -0.2) is 13.4 Å². The van der Waals surface area contributed by atoms with Crippen LogP contribution in [0.1, 0.15) is 28.3 Å². The van der Waals surface area contributed by atoms with Gasteiger partial charge in [0.2, 0.25) is 0 Å². The van der Waals surface area contributed by atoms with Crippen molar-refractivity contribution in [1.29, 1.82) is 0 Å². The number of nitrogens with zero attached hydrogens (tertiary/aromatic N) is 2. The van der Waals surface area contributed by atoms with Crippen LogP contribution in [0.3, 0.4) is 0 Å². The molecule has 1 saturated carbocycles. The normalized spacial score (nSPS) is 23.7. The van der Waals surface area contributed by atoms with Crippen molar-refractivity contribution in [2.45, 2.75) is 18.4 Å². The Balaban J connectivity index is 1.34. The molecular formula is C19H20ClN3O3S. The van der Waals surface area contributed by atoms with Crippen molar-refractivity contribution in [3.8, 4) is 0 Å². The highest BCUT2D eigenvalue weighted by molar-refractivity contribution is 7.91. The fourth-order valence-electron chi connectivity index (χ4n) is 3.33. The summed E-state index contributed by atoms with van der Waals surface area (Å²) in [6, 6.07) is 11.7. The number of amides is 1. The Hall–Kier alpha value is -2.12. The summed E-state index contributed by atoms with van der Waals surface area (Å²) in [5.74, 6) is 1.06. The van der Waals surface area contributed by atoms with Gasteiger partial charge in [-0.05, 0) is 36.2 Å². The second-order valence-corrected chi connectivity index (χ2v) is 9.76. The summed E-state index contributed by atoms with van der Waals surface area (Å²) in [5.41, 5.74) is 1.73. The summed E-state index contributed by atoms with van der Waals surface area (Å²) in [6.45, 7) is 0.484. The van der Waals surface area contributed by atoms with E-state index in [1.165, 1.54) is 5.56 Å². The van der Waals surface area contributed by atoms with Gasteiger partial charge in [-0.1, -0.05) is 23.7 Å². The summed E-state index contributed by atoms with van der Waals surface area (Å²) in [7, 11) is -3.00. The number of halogens is 1. The van der Waals surface area contributed by atoms with Crippen molar-refractivity contribution in [3.05, 3.63) is 58.7 Å². The van der Waals surface area contributed by atoms with Crippen LogP contribution in [0, 0.1) is 0 Å². The molecule has 1 aromatic carbocycles. The number of aromatic nitrogens is 1. The maximum Gasteiger partial charge on any atom is 0.255 e. The molecule has 2 aromatic rings. The average molecular weight is 406 g/mol. The first kappa shape index (κ1) is 18.3.